The molecule has 0 spiro atoms. The molecule has 0 aliphatic rings. The number of nitrogens with zero attached hydrogens (tertiary/aromatic N) is 4. The van der Waals surface area contributed by atoms with Gasteiger partial charge in [0.1, 0.15) is 22.1 Å². The molecule has 0 radical (unpaired) electrons. The number of fused-ring (bicyclic) bond motifs is 1. The predicted octanol–water partition coefficient (Wildman–Crippen LogP) is 4.96. The molecule has 0 unspecified atom stereocenters. The van der Waals surface area contributed by atoms with Gasteiger partial charge in [-0.1, -0.05) is 30.0 Å². The monoisotopic (exact) mass is 424 g/mol. The molecule has 0 aliphatic carbocycles. The lowest BCUT2D eigenvalue weighted by Gasteiger charge is -2.16. The molecule has 146 valence electrons. The molecule has 0 fully saturated rings. The van der Waals surface area contributed by atoms with Gasteiger partial charge < -0.3 is 4.90 Å². The Morgan fingerprint density at radius 1 is 1.10 bits per heavy atom. The minimum atomic E-state index is -0.299. The van der Waals surface area contributed by atoms with Crippen LogP contribution in [0.4, 0.5) is 10.1 Å². The predicted molar refractivity (Wildman–Crippen MR) is 116 cm³/mol. The molecule has 2 aromatic carbocycles. The van der Waals surface area contributed by atoms with E-state index in [2.05, 4.69) is 15.2 Å². The molecule has 8 heteroatoms. The average Bonchev–Trinajstić information content (AvgIpc) is 3.14. The molecular weight excluding hydrogens is 407 g/mol. The van der Waals surface area contributed by atoms with Crippen LogP contribution >= 0.6 is 23.1 Å². The number of hydrogen-bond acceptors (Lipinski definition) is 6. The first-order valence-electron chi connectivity index (χ1n) is 8.87. The summed E-state index contributed by atoms with van der Waals surface area (Å²) < 4.78 is 14.1. The lowest BCUT2D eigenvalue weighted by atomic mass is 10.1. The van der Waals surface area contributed by atoms with Crippen molar-refractivity contribution in [2.45, 2.75) is 11.9 Å². The fraction of sp³-hybridized carbons (Fsp3) is 0.143. The first-order chi connectivity index (χ1) is 14.0. The zero-order valence-electron chi connectivity index (χ0n) is 15.8. The van der Waals surface area contributed by atoms with E-state index in [1.54, 1.807) is 24.1 Å². The third-order valence-corrected chi connectivity index (χ3v) is 6.28. The number of halogens is 1. The van der Waals surface area contributed by atoms with E-state index >= 15 is 0 Å². The van der Waals surface area contributed by atoms with Crippen LogP contribution in [0.25, 0.3) is 21.5 Å². The summed E-state index contributed by atoms with van der Waals surface area (Å²) in [7, 11) is 1.75. The van der Waals surface area contributed by atoms with Gasteiger partial charge in [0.05, 0.1) is 15.5 Å². The molecule has 0 bridgehead atoms. The van der Waals surface area contributed by atoms with Crippen molar-refractivity contribution in [2.24, 2.45) is 0 Å². The van der Waals surface area contributed by atoms with Gasteiger partial charge in [-0.05, 0) is 43.3 Å². The zero-order chi connectivity index (χ0) is 20.4. The van der Waals surface area contributed by atoms with Crippen LogP contribution in [0.3, 0.4) is 0 Å². The fourth-order valence-corrected chi connectivity index (χ4v) is 4.67. The Hall–Kier alpha value is -2.84. The normalized spacial score (nSPS) is 11.0. The summed E-state index contributed by atoms with van der Waals surface area (Å²) in [6, 6.07) is 15.6. The number of aromatic nitrogens is 3. The number of carbonyl (C=O) groups is 1. The first kappa shape index (κ1) is 19.5. The van der Waals surface area contributed by atoms with Gasteiger partial charge in [0.15, 0.2) is 0 Å². The maximum absolute atomic E-state index is 13.3. The second-order valence-corrected chi connectivity index (χ2v) is 8.52. The summed E-state index contributed by atoms with van der Waals surface area (Å²) in [5, 5.41) is 10.2. The van der Waals surface area contributed by atoms with Crippen LogP contribution in [0.15, 0.2) is 59.6 Å². The van der Waals surface area contributed by atoms with Crippen molar-refractivity contribution in [3.8, 4) is 11.3 Å². The quantitative estimate of drug-likeness (QED) is 0.424. The van der Waals surface area contributed by atoms with E-state index in [0.29, 0.717) is 10.7 Å². The lowest BCUT2D eigenvalue weighted by molar-refractivity contribution is -0.115. The second kappa shape index (κ2) is 8.26. The number of benzene rings is 2. The summed E-state index contributed by atoms with van der Waals surface area (Å²) >= 11 is 2.83. The maximum Gasteiger partial charge on any atom is 0.237 e. The molecule has 0 saturated carbocycles. The van der Waals surface area contributed by atoms with Gasteiger partial charge in [0.25, 0.3) is 0 Å². The molecule has 0 aliphatic heterocycles. The van der Waals surface area contributed by atoms with E-state index in [9.17, 15) is 9.18 Å². The van der Waals surface area contributed by atoms with Crippen LogP contribution in [0.1, 0.15) is 5.01 Å². The van der Waals surface area contributed by atoms with E-state index < -0.39 is 0 Å². The average molecular weight is 425 g/mol. The van der Waals surface area contributed by atoms with E-state index in [1.165, 1.54) is 35.2 Å². The summed E-state index contributed by atoms with van der Waals surface area (Å²) in [6.45, 7) is 1.92. The zero-order valence-corrected chi connectivity index (χ0v) is 17.4. The van der Waals surface area contributed by atoms with Gasteiger partial charge in [0, 0.05) is 18.3 Å². The van der Waals surface area contributed by atoms with Gasteiger partial charge in [-0.2, -0.15) is 0 Å². The van der Waals surface area contributed by atoms with Crippen LogP contribution in [-0.2, 0) is 4.79 Å². The molecule has 0 atom stereocenters. The van der Waals surface area contributed by atoms with Crippen LogP contribution in [-0.4, -0.2) is 33.9 Å². The highest BCUT2D eigenvalue weighted by atomic mass is 32.2. The number of para-hydroxylation sites is 1. The molecule has 2 aromatic heterocycles. The second-order valence-electron chi connectivity index (χ2n) is 6.35. The largest absolute Gasteiger partial charge is 0.315 e. The number of carbonyl (C=O) groups excluding carboxylic acids is 1. The van der Waals surface area contributed by atoms with E-state index in [1.807, 2.05) is 37.3 Å². The van der Waals surface area contributed by atoms with Gasteiger partial charge in [-0.25, -0.2) is 9.37 Å². The summed E-state index contributed by atoms with van der Waals surface area (Å²) in [4.78, 5) is 18.8. The first-order valence-corrected chi connectivity index (χ1v) is 10.7. The number of hydrogen-bond donors (Lipinski definition) is 0. The number of thiazole rings is 1. The summed E-state index contributed by atoms with van der Waals surface area (Å²) in [5.74, 6) is -0.112. The molecule has 4 aromatic rings. The maximum atomic E-state index is 13.3. The van der Waals surface area contributed by atoms with Crippen LogP contribution in [0.2, 0.25) is 0 Å². The topological polar surface area (TPSA) is 59.0 Å². The van der Waals surface area contributed by atoms with Gasteiger partial charge >= 0.3 is 0 Å². The van der Waals surface area contributed by atoms with Crippen molar-refractivity contribution in [1.82, 2.24) is 15.2 Å². The Morgan fingerprint density at radius 3 is 2.55 bits per heavy atom. The molecule has 5 nitrogen and oxygen atoms in total. The number of aryl methyl sites for hydroxylation is 1. The van der Waals surface area contributed by atoms with E-state index in [0.717, 1.165) is 26.5 Å². The number of anilines is 1. The Morgan fingerprint density at radius 2 is 1.83 bits per heavy atom. The van der Waals surface area contributed by atoms with E-state index in [-0.39, 0.29) is 17.5 Å². The smallest absolute Gasteiger partial charge is 0.237 e. The lowest BCUT2D eigenvalue weighted by Crippen LogP contribution is -2.27. The van der Waals surface area contributed by atoms with Crippen molar-refractivity contribution >= 4 is 44.9 Å². The fourth-order valence-electron chi connectivity index (χ4n) is 2.84. The SMILES string of the molecule is Cc1nc2c(SCC(=O)N(C)c3ccccc3)nnc(-c3ccc(F)cc3)c2s1. The highest BCUT2D eigenvalue weighted by Gasteiger charge is 2.18. The Balaban J connectivity index is 1.59. The molecule has 2 heterocycles. The minimum Gasteiger partial charge on any atom is -0.315 e. The molecule has 29 heavy (non-hydrogen) atoms. The van der Waals surface area contributed by atoms with Crippen molar-refractivity contribution < 1.29 is 9.18 Å². The Kier molecular flexibility index (Phi) is 5.55. The Bertz CT molecular complexity index is 1160. The third-order valence-electron chi connectivity index (χ3n) is 4.36. The van der Waals surface area contributed by atoms with Gasteiger partial charge in [-0.15, -0.1) is 21.5 Å². The third kappa shape index (κ3) is 4.13. The highest BCUT2D eigenvalue weighted by Crippen LogP contribution is 2.35. The molecular formula is C21H17FN4OS2. The van der Waals surface area contributed by atoms with Crippen LogP contribution in [0.5, 0.6) is 0 Å². The summed E-state index contributed by atoms with van der Waals surface area (Å²) in [6.07, 6.45) is 0. The summed E-state index contributed by atoms with van der Waals surface area (Å²) in [5.41, 5.74) is 3.01. The van der Waals surface area contributed by atoms with Crippen molar-refractivity contribution in [3.05, 3.63) is 65.4 Å². The molecule has 0 saturated heterocycles. The van der Waals surface area contributed by atoms with Crippen molar-refractivity contribution in [1.29, 1.82) is 0 Å². The minimum absolute atomic E-state index is 0.0364. The molecule has 1 amide bonds. The van der Waals surface area contributed by atoms with E-state index in [4.69, 9.17) is 0 Å². The van der Waals surface area contributed by atoms with Gasteiger partial charge in [-0.3, -0.25) is 4.79 Å². The van der Waals surface area contributed by atoms with Crippen molar-refractivity contribution in [2.75, 3.05) is 17.7 Å². The number of amides is 1. The molecule has 4 rings (SSSR count). The number of thioether (sulfide) groups is 1. The number of rotatable bonds is 5. The van der Waals surface area contributed by atoms with Crippen LogP contribution < -0.4 is 4.90 Å². The van der Waals surface area contributed by atoms with Gasteiger partial charge in [0.2, 0.25) is 5.91 Å². The highest BCUT2D eigenvalue weighted by molar-refractivity contribution is 8.00. The standard InChI is InChI=1S/C21H17FN4OS2/c1-13-23-19-20(29-13)18(14-8-10-15(22)11-9-14)24-25-21(19)28-12-17(27)26(2)16-6-4-3-5-7-16/h3-11H,12H2,1-2H3. The van der Waals surface area contributed by atoms with Crippen LogP contribution in [0, 0.1) is 12.7 Å². The van der Waals surface area contributed by atoms with Crippen molar-refractivity contribution in [3.63, 3.8) is 0 Å². The Labute approximate surface area is 175 Å². The molecule has 0 N–H and O–H groups in total.